The van der Waals surface area contributed by atoms with Crippen molar-refractivity contribution in [2.75, 3.05) is 12.8 Å². The normalized spacial score (nSPS) is 21.2. The molecular formula is C22H22F4N2O5S2. The maximum Gasteiger partial charge on any atom is 0.416 e. The zero-order chi connectivity index (χ0) is 25.9. The third kappa shape index (κ3) is 4.81. The highest BCUT2D eigenvalue weighted by Crippen LogP contribution is 2.40. The predicted molar refractivity (Wildman–Crippen MR) is 117 cm³/mol. The molecule has 1 saturated carbocycles. The average molecular weight is 535 g/mol. The molecular weight excluding hydrogens is 512 g/mol. The van der Waals surface area contributed by atoms with Gasteiger partial charge in [-0.05, 0) is 56.2 Å². The number of sulfonamides is 1. The van der Waals surface area contributed by atoms with Crippen molar-refractivity contribution >= 4 is 25.8 Å². The maximum absolute atomic E-state index is 13.8. The third-order valence-electron chi connectivity index (χ3n) is 6.23. The number of hydrogen-bond acceptors (Lipinski definition) is 5. The molecule has 0 unspecified atom stereocenters. The molecule has 2 aromatic carbocycles. The fourth-order valence-corrected chi connectivity index (χ4v) is 7.06. The lowest BCUT2D eigenvalue weighted by atomic mass is 9.96. The Morgan fingerprint density at radius 2 is 1.71 bits per heavy atom. The molecule has 0 aromatic heterocycles. The molecule has 1 saturated heterocycles. The summed E-state index contributed by atoms with van der Waals surface area (Å²) in [6.45, 7) is 1.44. The van der Waals surface area contributed by atoms with Crippen LogP contribution < -0.4 is 0 Å². The highest BCUT2D eigenvalue weighted by Gasteiger charge is 2.52. The van der Waals surface area contributed by atoms with Crippen molar-refractivity contribution in [3.63, 3.8) is 0 Å². The van der Waals surface area contributed by atoms with Gasteiger partial charge >= 0.3 is 6.18 Å². The number of rotatable bonds is 6. The Balaban J connectivity index is 1.63. The Morgan fingerprint density at radius 1 is 1.06 bits per heavy atom. The predicted octanol–water partition coefficient (Wildman–Crippen LogP) is 3.31. The van der Waals surface area contributed by atoms with Gasteiger partial charge in [-0.2, -0.15) is 17.5 Å². The third-order valence-corrected chi connectivity index (χ3v) is 9.36. The molecule has 4 rings (SSSR count). The average Bonchev–Trinajstić information content (AvgIpc) is 3.59. The van der Waals surface area contributed by atoms with E-state index >= 15 is 0 Å². The van der Waals surface area contributed by atoms with E-state index in [2.05, 4.69) is 0 Å². The molecule has 0 N–H and O–H groups in total. The van der Waals surface area contributed by atoms with Crippen molar-refractivity contribution in [3.8, 4) is 0 Å². The van der Waals surface area contributed by atoms with Gasteiger partial charge in [-0.25, -0.2) is 21.2 Å². The summed E-state index contributed by atoms with van der Waals surface area (Å²) in [6, 6.07) is 4.35. The lowest BCUT2D eigenvalue weighted by Crippen LogP contribution is -2.68. The molecule has 13 heteroatoms. The van der Waals surface area contributed by atoms with E-state index in [9.17, 15) is 39.2 Å². The lowest BCUT2D eigenvalue weighted by molar-refractivity contribution is -0.137. The van der Waals surface area contributed by atoms with Crippen molar-refractivity contribution < 1.29 is 39.2 Å². The standard InChI is InChI=1S/C22H22F4N2O5S2/c1-13-19(12-27(13)21(29)18-11-15(23)6-9-20(18)34(2,30)31)28(16-7-8-16)35(32,33)17-5-3-4-14(10-17)22(24,25)26/h3-6,9-11,13,16,19H,7-8,12H2,1-2H3/t13-,19+/m0/s1. The Hall–Kier alpha value is -2.51. The first-order valence-electron chi connectivity index (χ1n) is 10.6. The minimum absolute atomic E-state index is 0.117. The van der Waals surface area contributed by atoms with E-state index in [1.807, 2.05) is 0 Å². The molecule has 2 fully saturated rings. The second-order valence-corrected chi connectivity index (χ2v) is 12.6. The number of halogens is 4. The van der Waals surface area contributed by atoms with E-state index in [0.717, 1.165) is 47.0 Å². The van der Waals surface area contributed by atoms with E-state index in [4.69, 9.17) is 0 Å². The zero-order valence-corrected chi connectivity index (χ0v) is 20.3. The topological polar surface area (TPSA) is 91.8 Å². The second-order valence-electron chi connectivity index (χ2n) is 8.77. The minimum atomic E-state index is -4.72. The van der Waals surface area contributed by atoms with Gasteiger partial charge in [0, 0.05) is 24.9 Å². The van der Waals surface area contributed by atoms with Crippen LogP contribution in [0, 0.1) is 5.82 Å². The van der Waals surface area contributed by atoms with Crippen molar-refractivity contribution in [2.24, 2.45) is 0 Å². The van der Waals surface area contributed by atoms with Crippen LogP contribution in [0.25, 0.3) is 0 Å². The van der Waals surface area contributed by atoms with Crippen molar-refractivity contribution in [2.45, 2.75) is 53.9 Å². The molecule has 1 amide bonds. The zero-order valence-electron chi connectivity index (χ0n) is 18.7. The molecule has 0 radical (unpaired) electrons. The van der Waals surface area contributed by atoms with Crippen LogP contribution in [0.2, 0.25) is 0 Å². The molecule has 7 nitrogen and oxygen atoms in total. The van der Waals surface area contributed by atoms with Crippen LogP contribution in [0.5, 0.6) is 0 Å². The summed E-state index contributed by atoms with van der Waals surface area (Å²) < 4.78 is 105. The first kappa shape index (κ1) is 25.6. The Morgan fingerprint density at radius 3 is 2.26 bits per heavy atom. The molecule has 2 aliphatic rings. The SMILES string of the molecule is C[C@H]1[C@H](N(C2CC2)S(=O)(=O)c2cccc(C(F)(F)F)c2)CN1C(=O)c1cc(F)ccc1S(C)(=O)=O. The lowest BCUT2D eigenvalue weighted by Gasteiger charge is -2.50. The summed E-state index contributed by atoms with van der Waals surface area (Å²) in [7, 11) is -8.18. The largest absolute Gasteiger partial charge is 0.416 e. The molecule has 0 spiro atoms. The Labute approximate surface area is 200 Å². The fourth-order valence-electron chi connectivity index (χ4n) is 4.23. The quantitative estimate of drug-likeness (QED) is 0.419. The molecule has 1 aliphatic heterocycles. The van der Waals surface area contributed by atoms with Gasteiger partial charge in [0.25, 0.3) is 5.91 Å². The van der Waals surface area contributed by atoms with Crippen LogP contribution in [0.3, 0.4) is 0 Å². The maximum atomic E-state index is 13.8. The van der Waals surface area contributed by atoms with Gasteiger partial charge in [-0.1, -0.05) is 6.07 Å². The monoisotopic (exact) mass is 534 g/mol. The molecule has 1 aliphatic carbocycles. The van der Waals surface area contributed by atoms with Crippen molar-refractivity contribution in [3.05, 3.63) is 59.4 Å². The fraction of sp³-hybridized carbons (Fsp3) is 0.409. The summed E-state index contributed by atoms with van der Waals surface area (Å²) in [5.41, 5.74) is -1.45. The number of likely N-dealkylation sites (tertiary alicyclic amines) is 1. The van der Waals surface area contributed by atoms with Crippen molar-refractivity contribution in [1.82, 2.24) is 9.21 Å². The molecule has 0 bridgehead atoms. The summed E-state index contributed by atoms with van der Waals surface area (Å²) in [5.74, 6) is -1.59. The Kier molecular flexibility index (Phi) is 6.25. The van der Waals surface area contributed by atoms with Gasteiger partial charge in [-0.15, -0.1) is 0 Å². The van der Waals surface area contributed by atoms with Crippen LogP contribution >= 0.6 is 0 Å². The van der Waals surface area contributed by atoms with E-state index in [-0.39, 0.29) is 17.0 Å². The number of amides is 1. The van der Waals surface area contributed by atoms with Gasteiger partial charge in [-0.3, -0.25) is 4.79 Å². The van der Waals surface area contributed by atoms with Crippen LogP contribution in [0.15, 0.2) is 52.3 Å². The van der Waals surface area contributed by atoms with E-state index in [1.54, 1.807) is 6.92 Å². The van der Waals surface area contributed by atoms with Gasteiger partial charge < -0.3 is 4.90 Å². The number of nitrogens with zero attached hydrogens (tertiary/aromatic N) is 2. The number of alkyl halides is 3. The van der Waals surface area contributed by atoms with Gasteiger partial charge in [0.2, 0.25) is 10.0 Å². The van der Waals surface area contributed by atoms with Crippen LogP contribution in [0.1, 0.15) is 35.7 Å². The highest BCUT2D eigenvalue weighted by atomic mass is 32.2. The van der Waals surface area contributed by atoms with E-state index in [0.29, 0.717) is 18.9 Å². The summed E-state index contributed by atoms with van der Waals surface area (Å²) in [5, 5.41) is 0. The van der Waals surface area contributed by atoms with Crippen molar-refractivity contribution in [1.29, 1.82) is 0 Å². The smallest absolute Gasteiger partial charge is 0.333 e. The minimum Gasteiger partial charge on any atom is -0.333 e. The van der Waals surface area contributed by atoms with Gasteiger partial charge in [0.15, 0.2) is 9.84 Å². The molecule has 1 heterocycles. The summed E-state index contributed by atoms with van der Waals surface area (Å²) in [4.78, 5) is 13.5. The first-order valence-corrected chi connectivity index (χ1v) is 14.0. The van der Waals surface area contributed by atoms with Crippen LogP contribution in [-0.4, -0.2) is 62.9 Å². The van der Waals surface area contributed by atoms with Gasteiger partial charge in [0.05, 0.1) is 27.0 Å². The number of carbonyl (C=O) groups is 1. The van der Waals surface area contributed by atoms with Crippen LogP contribution in [0.4, 0.5) is 17.6 Å². The summed E-state index contributed by atoms with van der Waals surface area (Å²) in [6.07, 6.45) is -2.78. The van der Waals surface area contributed by atoms with E-state index in [1.165, 1.54) is 4.90 Å². The van der Waals surface area contributed by atoms with Crippen LogP contribution in [-0.2, 0) is 26.0 Å². The number of carbonyl (C=O) groups excluding carboxylic acids is 1. The second kappa shape index (κ2) is 8.56. The number of benzene rings is 2. The number of sulfone groups is 1. The summed E-state index contributed by atoms with van der Waals surface area (Å²) >= 11 is 0. The van der Waals surface area contributed by atoms with E-state index < -0.39 is 66.3 Å². The molecule has 2 aromatic rings. The molecule has 190 valence electrons. The molecule has 2 atom stereocenters. The highest BCUT2D eigenvalue weighted by molar-refractivity contribution is 7.90. The Bertz CT molecular complexity index is 1390. The number of hydrogen-bond donors (Lipinski definition) is 0. The molecule has 35 heavy (non-hydrogen) atoms. The first-order chi connectivity index (χ1) is 16.1. The van der Waals surface area contributed by atoms with Gasteiger partial charge in [0.1, 0.15) is 5.82 Å².